The van der Waals surface area contributed by atoms with E-state index in [9.17, 15) is 29.4 Å². The Balaban J connectivity index is 1.43. The van der Waals surface area contributed by atoms with Gasteiger partial charge in [-0.05, 0) is 36.4 Å². The van der Waals surface area contributed by atoms with E-state index in [1.807, 2.05) is 4.90 Å². The Hall–Kier alpha value is -4.48. The third-order valence-electron chi connectivity index (χ3n) is 5.25. The van der Waals surface area contributed by atoms with Crippen LogP contribution in [0.2, 0.25) is 0 Å². The molecule has 1 saturated heterocycles. The van der Waals surface area contributed by atoms with Gasteiger partial charge in [-0.25, -0.2) is 4.39 Å². The quantitative estimate of drug-likeness (QED) is 0.426. The van der Waals surface area contributed by atoms with Gasteiger partial charge in [-0.2, -0.15) is 0 Å². The highest BCUT2D eigenvalue weighted by molar-refractivity contribution is 5.95. The molecule has 1 fully saturated rings. The maximum absolute atomic E-state index is 13.1. The van der Waals surface area contributed by atoms with E-state index in [-0.39, 0.29) is 11.4 Å². The second-order valence-electron chi connectivity index (χ2n) is 7.32. The number of benzene rings is 2. The van der Waals surface area contributed by atoms with E-state index < -0.39 is 27.1 Å². The zero-order valence-electron chi connectivity index (χ0n) is 17.1. The van der Waals surface area contributed by atoms with Crippen molar-refractivity contribution in [2.75, 3.05) is 31.1 Å². The number of hydrogen-bond acceptors (Lipinski definition) is 8. The number of piperazine rings is 1. The molecule has 168 valence electrons. The van der Waals surface area contributed by atoms with Gasteiger partial charge in [-0.15, -0.1) is 10.2 Å². The second-order valence-corrected chi connectivity index (χ2v) is 7.32. The van der Waals surface area contributed by atoms with E-state index in [0.29, 0.717) is 37.7 Å². The molecule has 1 aliphatic rings. The lowest BCUT2D eigenvalue weighted by Crippen LogP contribution is -2.49. The number of aromatic nitrogens is 2. The first-order valence-corrected chi connectivity index (χ1v) is 9.89. The van der Waals surface area contributed by atoms with Gasteiger partial charge in [0, 0.05) is 43.9 Å². The van der Waals surface area contributed by atoms with Gasteiger partial charge in [0.25, 0.3) is 17.3 Å². The Bertz CT molecular complexity index is 1180. The number of carbonyl (C=O) groups is 1. The van der Waals surface area contributed by atoms with Crippen LogP contribution in [0.5, 0.6) is 0 Å². The monoisotopic (exact) mass is 452 g/mol. The highest BCUT2D eigenvalue weighted by atomic mass is 19.1. The molecule has 12 heteroatoms. The standard InChI is InChI=1S/C21H17FN6O5/c22-16-3-1-14(2-4-16)19-5-6-20(24-23-19)25-7-9-26(10-8-25)21(29)15-11-17(27(30)31)13-18(12-15)28(32)33/h1-6,11-13H,7-10H2. The average molecular weight is 452 g/mol. The number of hydrogen-bond donors (Lipinski definition) is 0. The number of non-ortho nitro benzene ring substituents is 2. The molecule has 0 N–H and O–H groups in total. The fourth-order valence-electron chi connectivity index (χ4n) is 3.52. The van der Waals surface area contributed by atoms with Crippen molar-refractivity contribution >= 4 is 23.1 Å². The molecule has 1 amide bonds. The number of nitrogens with zero attached hydrogens (tertiary/aromatic N) is 6. The Kier molecular flexibility index (Phi) is 5.89. The summed E-state index contributed by atoms with van der Waals surface area (Å²) < 4.78 is 13.1. The molecule has 0 radical (unpaired) electrons. The van der Waals surface area contributed by atoms with Crippen LogP contribution in [0.1, 0.15) is 10.4 Å². The van der Waals surface area contributed by atoms with Crippen molar-refractivity contribution in [3.05, 3.63) is 86.2 Å². The topological polar surface area (TPSA) is 136 Å². The van der Waals surface area contributed by atoms with Gasteiger partial charge in [0.15, 0.2) is 5.82 Å². The summed E-state index contributed by atoms with van der Waals surface area (Å²) in [6, 6.07) is 12.4. The molecule has 4 rings (SSSR count). The molecule has 0 aliphatic carbocycles. The fraction of sp³-hybridized carbons (Fsp3) is 0.190. The first kappa shape index (κ1) is 21.7. The lowest BCUT2D eigenvalue weighted by molar-refractivity contribution is -0.394. The summed E-state index contributed by atoms with van der Waals surface area (Å²) in [5.41, 5.74) is 0.204. The van der Waals surface area contributed by atoms with Crippen molar-refractivity contribution in [2.24, 2.45) is 0 Å². The van der Waals surface area contributed by atoms with Crippen molar-refractivity contribution in [1.29, 1.82) is 0 Å². The smallest absolute Gasteiger partial charge is 0.277 e. The molecule has 0 unspecified atom stereocenters. The van der Waals surface area contributed by atoms with Gasteiger partial charge in [0.1, 0.15) is 5.82 Å². The van der Waals surface area contributed by atoms with E-state index >= 15 is 0 Å². The molecule has 11 nitrogen and oxygen atoms in total. The maximum Gasteiger partial charge on any atom is 0.277 e. The molecule has 2 aromatic carbocycles. The number of amides is 1. The third kappa shape index (κ3) is 4.74. The Morgan fingerprint density at radius 1 is 0.848 bits per heavy atom. The van der Waals surface area contributed by atoms with Crippen LogP contribution in [0.3, 0.4) is 0 Å². The van der Waals surface area contributed by atoms with Crippen molar-refractivity contribution in [2.45, 2.75) is 0 Å². The third-order valence-corrected chi connectivity index (χ3v) is 5.25. The summed E-state index contributed by atoms with van der Waals surface area (Å²) in [4.78, 5) is 36.9. The molecule has 0 atom stereocenters. The molecule has 1 aromatic heterocycles. The van der Waals surface area contributed by atoms with Gasteiger partial charge in [0.2, 0.25) is 0 Å². The van der Waals surface area contributed by atoms with Crippen LogP contribution >= 0.6 is 0 Å². The Morgan fingerprint density at radius 3 is 1.97 bits per heavy atom. The minimum atomic E-state index is -0.768. The van der Waals surface area contributed by atoms with Crippen molar-refractivity contribution in [3.63, 3.8) is 0 Å². The van der Waals surface area contributed by atoms with Crippen LogP contribution < -0.4 is 4.90 Å². The Labute approximate surface area is 186 Å². The Morgan fingerprint density at radius 2 is 1.45 bits per heavy atom. The highest BCUT2D eigenvalue weighted by Crippen LogP contribution is 2.25. The molecule has 0 bridgehead atoms. The van der Waals surface area contributed by atoms with Crippen molar-refractivity contribution in [1.82, 2.24) is 15.1 Å². The summed E-state index contributed by atoms with van der Waals surface area (Å²) >= 11 is 0. The van der Waals surface area contributed by atoms with E-state index in [1.165, 1.54) is 17.0 Å². The van der Waals surface area contributed by atoms with Gasteiger partial charge >= 0.3 is 0 Å². The van der Waals surface area contributed by atoms with Crippen LogP contribution in [0.25, 0.3) is 11.3 Å². The predicted molar refractivity (Wildman–Crippen MR) is 115 cm³/mol. The van der Waals surface area contributed by atoms with Gasteiger partial charge in [-0.1, -0.05) is 0 Å². The minimum absolute atomic E-state index is 0.104. The highest BCUT2D eigenvalue weighted by Gasteiger charge is 2.26. The van der Waals surface area contributed by atoms with Gasteiger partial charge < -0.3 is 9.80 Å². The summed E-state index contributed by atoms with van der Waals surface area (Å²) in [5.74, 6) is -0.242. The molecular formula is C21H17FN6O5. The first-order chi connectivity index (χ1) is 15.8. The molecule has 33 heavy (non-hydrogen) atoms. The number of nitro benzene ring substituents is 2. The maximum atomic E-state index is 13.1. The van der Waals surface area contributed by atoms with Gasteiger partial charge in [-0.3, -0.25) is 25.0 Å². The normalized spacial score (nSPS) is 13.6. The second kappa shape index (κ2) is 8.94. The molecular weight excluding hydrogens is 435 g/mol. The molecule has 2 heterocycles. The summed E-state index contributed by atoms with van der Waals surface area (Å²) in [6.45, 7) is 1.48. The van der Waals surface area contributed by atoms with Crippen molar-refractivity contribution in [3.8, 4) is 11.3 Å². The summed E-state index contributed by atoms with van der Waals surface area (Å²) in [7, 11) is 0. The number of rotatable bonds is 5. The SMILES string of the molecule is O=C(c1cc([N+](=O)[O-])cc([N+](=O)[O-])c1)N1CCN(c2ccc(-c3ccc(F)cc3)nn2)CC1. The number of halogens is 1. The van der Waals surface area contributed by atoms with Crippen LogP contribution in [0.15, 0.2) is 54.6 Å². The van der Waals surface area contributed by atoms with Crippen LogP contribution in [0, 0.1) is 26.0 Å². The number of carbonyl (C=O) groups excluding carboxylic acids is 1. The lowest BCUT2D eigenvalue weighted by atomic mass is 10.1. The largest absolute Gasteiger partial charge is 0.352 e. The van der Waals surface area contributed by atoms with Gasteiger partial charge in [0.05, 0.1) is 27.2 Å². The lowest BCUT2D eigenvalue weighted by Gasteiger charge is -2.35. The number of nitro groups is 2. The molecule has 3 aromatic rings. The fourth-order valence-corrected chi connectivity index (χ4v) is 3.52. The first-order valence-electron chi connectivity index (χ1n) is 9.89. The average Bonchev–Trinajstić information content (AvgIpc) is 2.84. The minimum Gasteiger partial charge on any atom is -0.352 e. The van der Waals surface area contributed by atoms with E-state index in [1.54, 1.807) is 24.3 Å². The van der Waals surface area contributed by atoms with E-state index in [4.69, 9.17) is 0 Å². The summed E-state index contributed by atoms with van der Waals surface area (Å²) in [6.07, 6.45) is 0. The van der Waals surface area contributed by atoms with E-state index in [2.05, 4.69) is 10.2 Å². The number of anilines is 1. The van der Waals surface area contributed by atoms with E-state index in [0.717, 1.165) is 23.8 Å². The zero-order chi connectivity index (χ0) is 23.5. The molecule has 0 saturated carbocycles. The molecule has 0 spiro atoms. The van der Waals surface area contributed by atoms with Crippen molar-refractivity contribution < 1.29 is 19.0 Å². The van der Waals surface area contributed by atoms with Crippen LogP contribution in [-0.4, -0.2) is 57.0 Å². The predicted octanol–water partition coefficient (Wildman–Crippen LogP) is 3.06. The zero-order valence-corrected chi connectivity index (χ0v) is 17.1. The van der Waals surface area contributed by atoms with Crippen LogP contribution in [-0.2, 0) is 0 Å². The van der Waals surface area contributed by atoms with Crippen LogP contribution in [0.4, 0.5) is 21.6 Å². The summed E-state index contributed by atoms with van der Waals surface area (Å²) in [5, 5.41) is 30.6. The molecule has 1 aliphatic heterocycles.